The molecule has 2 aromatic rings. The van der Waals surface area contributed by atoms with Gasteiger partial charge < -0.3 is 4.74 Å². The molecule has 0 amide bonds. The number of para-hydroxylation sites is 2. The Morgan fingerprint density at radius 1 is 1.37 bits per heavy atom. The Morgan fingerprint density at radius 2 is 2.11 bits per heavy atom. The summed E-state index contributed by atoms with van der Waals surface area (Å²) < 4.78 is 5.31. The van der Waals surface area contributed by atoms with E-state index in [0.717, 1.165) is 0 Å². The zero-order chi connectivity index (χ0) is 13.8. The molecule has 0 aliphatic carbocycles. The van der Waals surface area contributed by atoms with Gasteiger partial charge in [-0.2, -0.15) is 5.26 Å². The molecule has 0 saturated heterocycles. The van der Waals surface area contributed by atoms with Crippen molar-refractivity contribution >= 4 is 17.3 Å². The summed E-state index contributed by atoms with van der Waals surface area (Å²) in [5.74, 6) is -0.0352. The van der Waals surface area contributed by atoms with Crippen LogP contribution >= 0.6 is 11.6 Å². The molecule has 0 unspecified atom stereocenters. The summed E-state index contributed by atoms with van der Waals surface area (Å²) in [6, 6.07) is 9.13. The van der Waals surface area contributed by atoms with E-state index in [1.54, 1.807) is 6.07 Å². The Morgan fingerprint density at radius 3 is 2.79 bits per heavy atom. The van der Waals surface area contributed by atoms with E-state index in [0.29, 0.717) is 0 Å². The van der Waals surface area contributed by atoms with Crippen LogP contribution in [0.15, 0.2) is 36.5 Å². The van der Waals surface area contributed by atoms with Gasteiger partial charge in [0.25, 0.3) is 0 Å². The first-order chi connectivity index (χ1) is 9.13. The number of nitro benzene ring substituents is 1. The number of nitrogens with zero attached hydrogens (tertiary/aromatic N) is 3. The van der Waals surface area contributed by atoms with Crippen LogP contribution in [-0.2, 0) is 0 Å². The third-order valence-electron chi connectivity index (χ3n) is 2.25. The average Bonchev–Trinajstić information content (AvgIpc) is 2.41. The fourth-order valence-electron chi connectivity index (χ4n) is 1.38. The molecule has 19 heavy (non-hydrogen) atoms. The molecule has 0 aliphatic rings. The summed E-state index contributed by atoms with van der Waals surface area (Å²) in [6.45, 7) is 0. The molecule has 7 heteroatoms. The van der Waals surface area contributed by atoms with Crippen LogP contribution in [0.25, 0.3) is 0 Å². The molecule has 0 bridgehead atoms. The second kappa shape index (κ2) is 5.33. The van der Waals surface area contributed by atoms with Crippen LogP contribution in [0.1, 0.15) is 5.56 Å². The van der Waals surface area contributed by atoms with Crippen LogP contribution in [0.3, 0.4) is 0 Å². The number of aromatic nitrogens is 1. The van der Waals surface area contributed by atoms with Crippen molar-refractivity contribution in [3.8, 4) is 17.7 Å². The van der Waals surface area contributed by atoms with E-state index in [-0.39, 0.29) is 27.9 Å². The minimum absolute atomic E-state index is 0.0111. The van der Waals surface area contributed by atoms with E-state index >= 15 is 0 Å². The zero-order valence-corrected chi connectivity index (χ0v) is 10.2. The number of benzene rings is 1. The van der Waals surface area contributed by atoms with Crippen molar-refractivity contribution < 1.29 is 9.66 Å². The van der Waals surface area contributed by atoms with E-state index in [4.69, 9.17) is 21.6 Å². The lowest BCUT2D eigenvalue weighted by Crippen LogP contribution is -1.95. The molecule has 0 radical (unpaired) electrons. The quantitative estimate of drug-likeness (QED) is 0.633. The first kappa shape index (κ1) is 12.8. The summed E-state index contributed by atoms with van der Waals surface area (Å²) in [5.41, 5.74) is -0.0204. The normalized spacial score (nSPS) is 9.68. The van der Waals surface area contributed by atoms with Gasteiger partial charge in [-0.3, -0.25) is 10.1 Å². The number of ether oxygens (including phenoxy) is 1. The van der Waals surface area contributed by atoms with Crippen molar-refractivity contribution in [3.05, 3.63) is 57.2 Å². The lowest BCUT2D eigenvalue weighted by atomic mass is 10.3. The Kier molecular flexibility index (Phi) is 3.59. The number of halogens is 1. The van der Waals surface area contributed by atoms with Crippen molar-refractivity contribution in [1.29, 1.82) is 5.26 Å². The highest BCUT2D eigenvalue weighted by Gasteiger charge is 2.17. The zero-order valence-electron chi connectivity index (χ0n) is 9.41. The molecule has 2 rings (SSSR count). The molecular weight excluding hydrogens is 270 g/mol. The molecule has 0 spiro atoms. The molecule has 94 valence electrons. The van der Waals surface area contributed by atoms with E-state index in [1.165, 1.54) is 30.5 Å². The van der Waals surface area contributed by atoms with Crippen molar-refractivity contribution in [1.82, 2.24) is 4.98 Å². The van der Waals surface area contributed by atoms with Gasteiger partial charge in [0.2, 0.25) is 11.6 Å². The Bertz CT molecular complexity index is 682. The number of nitriles is 1. The lowest BCUT2D eigenvalue weighted by Gasteiger charge is -2.07. The third kappa shape index (κ3) is 2.61. The Hall–Kier alpha value is -2.65. The first-order valence-corrected chi connectivity index (χ1v) is 5.47. The van der Waals surface area contributed by atoms with Gasteiger partial charge >= 0.3 is 5.69 Å². The number of hydrogen-bond donors (Lipinski definition) is 0. The number of nitro groups is 1. The van der Waals surface area contributed by atoms with Crippen molar-refractivity contribution in [2.45, 2.75) is 0 Å². The van der Waals surface area contributed by atoms with Gasteiger partial charge in [0, 0.05) is 12.3 Å². The van der Waals surface area contributed by atoms with Crippen molar-refractivity contribution in [3.63, 3.8) is 0 Å². The van der Waals surface area contributed by atoms with Crippen LogP contribution in [0, 0.1) is 21.4 Å². The highest BCUT2D eigenvalue weighted by atomic mass is 35.5. The third-order valence-corrected chi connectivity index (χ3v) is 2.61. The van der Waals surface area contributed by atoms with Gasteiger partial charge in [-0.25, -0.2) is 4.98 Å². The maximum absolute atomic E-state index is 10.8. The number of rotatable bonds is 3. The van der Waals surface area contributed by atoms with Crippen LogP contribution in [-0.4, -0.2) is 9.91 Å². The van der Waals surface area contributed by atoms with E-state index in [9.17, 15) is 10.1 Å². The Balaban J connectivity index is 2.43. The molecule has 6 nitrogen and oxygen atoms in total. The monoisotopic (exact) mass is 275 g/mol. The summed E-state index contributed by atoms with van der Waals surface area (Å²) in [5, 5.41) is 19.7. The minimum atomic E-state index is -0.572. The van der Waals surface area contributed by atoms with Crippen LogP contribution in [0.5, 0.6) is 11.6 Å². The van der Waals surface area contributed by atoms with Gasteiger partial charge in [0.1, 0.15) is 11.1 Å². The first-order valence-electron chi connectivity index (χ1n) is 5.09. The minimum Gasteiger partial charge on any atom is -0.430 e. The molecule has 0 N–H and O–H groups in total. The fraction of sp³-hybridized carbons (Fsp3) is 0. The van der Waals surface area contributed by atoms with Gasteiger partial charge in [0.05, 0.1) is 10.5 Å². The molecule has 1 heterocycles. The number of pyridine rings is 1. The predicted molar refractivity (Wildman–Crippen MR) is 67.1 cm³/mol. The highest BCUT2D eigenvalue weighted by molar-refractivity contribution is 6.33. The molecule has 0 aliphatic heterocycles. The summed E-state index contributed by atoms with van der Waals surface area (Å²) in [7, 11) is 0. The molecule has 1 aromatic heterocycles. The second-order valence-corrected chi connectivity index (χ2v) is 3.79. The fourth-order valence-corrected chi connectivity index (χ4v) is 1.57. The predicted octanol–water partition coefficient (Wildman–Crippen LogP) is 3.31. The smallest absolute Gasteiger partial charge is 0.311 e. The van der Waals surface area contributed by atoms with Crippen LogP contribution < -0.4 is 4.74 Å². The van der Waals surface area contributed by atoms with Gasteiger partial charge in [-0.05, 0) is 12.1 Å². The van der Waals surface area contributed by atoms with Gasteiger partial charge in [0.15, 0.2) is 0 Å². The lowest BCUT2D eigenvalue weighted by molar-refractivity contribution is -0.385. The summed E-state index contributed by atoms with van der Waals surface area (Å²) in [4.78, 5) is 14.1. The summed E-state index contributed by atoms with van der Waals surface area (Å²) in [6.07, 6.45) is 1.34. The molecule has 0 atom stereocenters. The van der Waals surface area contributed by atoms with Crippen LogP contribution in [0.2, 0.25) is 5.02 Å². The largest absolute Gasteiger partial charge is 0.430 e. The van der Waals surface area contributed by atoms with Crippen LogP contribution in [0.4, 0.5) is 5.69 Å². The topological polar surface area (TPSA) is 89.0 Å². The van der Waals surface area contributed by atoms with Gasteiger partial charge in [-0.15, -0.1) is 0 Å². The SMILES string of the molecule is N#Cc1ccnc(Oc2ccccc2[N+](=O)[O-])c1Cl. The maximum Gasteiger partial charge on any atom is 0.311 e. The Labute approximate surface area is 113 Å². The number of hydrogen-bond acceptors (Lipinski definition) is 5. The molecule has 0 fully saturated rings. The molecular formula is C12H6ClN3O3. The standard InChI is InChI=1S/C12H6ClN3O3/c13-11-8(7-14)5-6-15-12(11)19-10-4-2-1-3-9(10)16(17)18/h1-6H. The van der Waals surface area contributed by atoms with E-state index in [1.807, 2.05) is 6.07 Å². The van der Waals surface area contributed by atoms with Crippen molar-refractivity contribution in [2.75, 3.05) is 0 Å². The molecule has 0 saturated carbocycles. The van der Waals surface area contributed by atoms with Gasteiger partial charge in [-0.1, -0.05) is 23.7 Å². The highest BCUT2D eigenvalue weighted by Crippen LogP contribution is 2.34. The van der Waals surface area contributed by atoms with E-state index in [2.05, 4.69) is 4.98 Å². The maximum atomic E-state index is 10.8. The van der Waals surface area contributed by atoms with Crippen molar-refractivity contribution in [2.24, 2.45) is 0 Å². The summed E-state index contributed by atoms with van der Waals surface area (Å²) >= 11 is 5.91. The average molecular weight is 276 g/mol. The van der Waals surface area contributed by atoms with E-state index < -0.39 is 4.92 Å². The molecule has 1 aromatic carbocycles. The second-order valence-electron chi connectivity index (χ2n) is 3.42.